The number of benzene rings is 3. The average Bonchev–Trinajstić information content (AvgIpc) is 3.18. The van der Waals surface area contributed by atoms with Gasteiger partial charge in [-0.15, -0.1) is 0 Å². The van der Waals surface area contributed by atoms with Crippen molar-refractivity contribution in [2.24, 2.45) is 0 Å². The van der Waals surface area contributed by atoms with E-state index in [2.05, 4.69) is 0 Å². The zero-order chi connectivity index (χ0) is 26.6. The Hall–Kier alpha value is -4.30. The van der Waals surface area contributed by atoms with Crippen molar-refractivity contribution in [2.75, 3.05) is 40.4 Å². The maximum atomic E-state index is 13.4. The molecule has 5 rings (SSSR count). The molecule has 0 radical (unpaired) electrons. The van der Waals surface area contributed by atoms with Gasteiger partial charge in [0.05, 0.1) is 11.6 Å². The molecule has 0 aromatic heterocycles. The molecule has 0 spiro atoms. The Kier molecular flexibility index (Phi) is 7.33. The van der Waals surface area contributed by atoms with Gasteiger partial charge < -0.3 is 29.1 Å². The summed E-state index contributed by atoms with van der Waals surface area (Å²) in [7, 11) is 3.91. The van der Waals surface area contributed by atoms with Crippen molar-refractivity contribution in [3.8, 4) is 23.0 Å². The van der Waals surface area contributed by atoms with Crippen LogP contribution in [0.15, 0.2) is 78.4 Å². The average molecular weight is 515 g/mol. The molecule has 1 atom stereocenters. The number of para-hydroxylation sites is 1. The van der Waals surface area contributed by atoms with Crippen LogP contribution < -0.4 is 14.2 Å². The van der Waals surface area contributed by atoms with Gasteiger partial charge in [-0.25, -0.2) is 0 Å². The molecule has 2 heterocycles. The summed E-state index contributed by atoms with van der Waals surface area (Å²) >= 11 is 0. The molecular formula is C30H30N2O6. The quantitative estimate of drug-likeness (QED) is 0.267. The number of ether oxygens (including phenoxy) is 3. The molecule has 0 aliphatic carbocycles. The van der Waals surface area contributed by atoms with E-state index in [1.165, 1.54) is 4.90 Å². The summed E-state index contributed by atoms with van der Waals surface area (Å²) in [5.41, 5.74) is 1.08. The van der Waals surface area contributed by atoms with E-state index < -0.39 is 17.7 Å². The third kappa shape index (κ3) is 5.21. The van der Waals surface area contributed by atoms with Crippen molar-refractivity contribution in [1.29, 1.82) is 0 Å². The molecule has 38 heavy (non-hydrogen) atoms. The number of nitrogens with zero attached hydrogens (tertiary/aromatic N) is 2. The van der Waals surface area contributed by atoms with Gasteiger partial charge in [-0.05, 0) is 75.1 Å². The summed E-state index contributed by atoms with van der Waals surface area (Å²) < 4.78 is 17.3. The lowest BCUT2D eigenvalue weighted by Crippen LogP contribution is -2.32. The van der Waals surface area contributed by atoms with E-state index in [-0.39, 0.29) is 11.3 Å². The summed E-state index contributed by atoms with van der Waals surface area (Å²) in [5, 5.41) is 11.4. The minimum absolute atomic E-state index is 0.0355. The second-order valence-corrected chi connectivity index (χ2v) is 9.50. The Bertz CT molecular complexity index is 1370. The molecule has 1 fully saturated rings. The zero-order valence-corrected chi connectivity index (χ0v) is 21.4. The molecule has 1 saturated heterocycles. The van der Waals surface area contributed by atoms with Crippen LogP contribution in [0.3, 0.4) is 0 Å². The Morgan fingerprint density at radius 3 is 2.45 bits per heavy atom. The van der Waals surface area contributed by atoms with Crippen molar-refractivity contribution in [3.05, 3.63) is 89.5 Å². The fraction of sp³-hybridized carbons (Fsp3) is 0.267. The van der Waals surface area contributed by atoms with E-state index in [0.29, 0.717) is 60.3 Å². The van der Waals surface area contributed by atoms with Gasteiger partial charge in [0.2, 0.25) is 0 Å². The number of fused-ring (bicyclic) bond motifs is 1. The van der Waals surface area contributed by atoms with Crippen molar-refractivity contribution in [2.45, 2.75) is 12.5 Å². The molecule has 0 bridgehead atoms. The van der Waals surface area contributed by atoms with Gasteiger partial charge in [-0.2, -0.15) is 0 Å². The fourth-order valence-corrected chi connectivity index (χ4v) is 4.73. The molecule has 1 N–H and O–H groups in total. The van der Waals surface area contributed by atoms with E-state index in [4.69, 9.17) is 14.2 Å². The SMILES string of the molecule is CN(C)CCCN1C(=O)C(=O)C(=C(O)c2ccc3c(c2)OCCO3)[C@H]1c1cccc(Oc2ccccc2)c1. The number of hydrogen-bond acceptors (Lipinski definition) is 7. The topological polar surface area (TPSA) is 88.5 Å². The number of ketones is 1. The number of hydrogen-bond donors (Lipinski definition) is 1. The van der Waals surface area contributed by atoms with E-state index in [1.54, 1.807) is 24.3 Å². The summed E-state index contributed by atoms with van der Waals surface area (Å²) in [6.45, 7) is 1.93. The molecule has 1 amide bonds. The van der Waals surface area contributed by atoms with Crippen LogP contribution in [-0.4, -0.2) is 67.0 Å². The molecule has 3 aromatic rings. The van der Waals surface area contributed by atoms with Gasteiger partial charge in [0, 0.05) is 12.1 Å². The van der Waals surface area contributed by atoms with Gasteiger partial charge in [-0.1, -0.05) is 30.3 Å². The van der Waals surface area contributed by atoms with Crippen LogP contribution in [0.2, 0.25) is 0 Å². The zero-order valence-electron chi connectivity index (χ0n) is 21.4. The molecular weight excluding hydrogens is 484 g/mol. The lowest BCUT2D eigenvalue weighted by Gasteiger charge is -2.26. The third-order valence-electron chi connectivity index (χ3n) is 6.51. The molecule has 0 unspecified atom stereocenters. The van der Waals surface area contributed by atoms with Gasteiger partial charge in [-0.3, -0.25) is 9.59 Å². The Morgan fingerprint density at radius 1 is 0.947 bits per heavy atom. The highest BCUT2D eigenvalue weighted by molar-refractivity contribution is 6.46. The maximum Gasteiger partial charge on any atom is 0.295 e. The number of carbonyl (C=O) groups is 2. The Morgan fingerprint density at radius 2 is 1.68 bits per heavy atom. The fourth-order valence-electron chi connectivity index (χ4n) is 4.73. The minimum atomic E-state index is -0.773. The second kappa shape index (κ2) is 11.0. The minimum Gasteiger partial charge on any atom is -0.507 e. The van der Waals surface area contributed by atoms with Crippen molar-refractivity contribution in [1.82, 2.24) is 9.80 Å². The first kappa shape index (κ1) is 25.4. The number of Topliss-reactive ketones (excluding diaryl/α,β-unsaturated/α-hetero) is 1. The van der Waals surface area contributed by atoms with Gasteiger partial charge in [0.15, 0.2) is 11.5 Å². The number of aliphatic hydroxyl groups is 1. The Balaban J connectivity index is 1.56. The second-order valence-electron chi connectivity index (χ2n) is 9.50. The van der Waals surface area contributed by atoms with Crippen molar-refractivity contribution < 1.29 is 28.9 Å². The van der Waals surface area contributed by atoms with Gasteiger partial charge >= 0.3 is 0 Å². The molecule has 196 valence electrons. The number of carbonyl (C=O) groups excluding carboxylic acids is 2. The first-order valence-electron chi connectivity index (χ1n) is 12.6. The van der Waals surface area contributed by atoms with Crippen LogP contribution >= 0.6 is 0 Å². The highest BCUT2D eigenvalue weighted by atomic mass is 16.6. The number of amides is 1. The summed E-state index contributed by atoms with van der Waals surface area (Å²) in [4.78, 5) is 30.2. The number of likely N-dealkylation sites (tertiary alicyclic amines) is 1. The van der Waals surface area contributed by atoms with E-state index in [1.807, 2.05) is 67.5 Å². The largest absolute Gasteiger partial charge is 0.507 e. The molecule has 0 saturated carbocycles. The van der Waals surface area contributed by atoms with Crippen LogP contribution in [0.25, 0.3) is 5.76 Å². The van der Waals surface area contributed by atoms with Crippen LogP contribution in [0.1, 0.15) is 23.6 Å². The molecule has 2 aliphatic heterocycles. The van der Waals surface area contributed by atoms with E-state index in [0.717, 1.165) is 6.54 Å². The lowest BCUT2D eigenvalue weighted by molar-refractivity contribution is -0.139. The van der Waals surface area contributed by atoms with Crippen LogP contribution in [0, 0.1) is 0 Å². The normalized spacial score (nSPS) is 18.2. The van der Waals surface area contributed by atoms with Crippen molar-refractivity contribution in [3.63, 3.8) is 0 Å². The first-order chi connectivity index (χ1) is 18.4. The van der Waals surface area contributed by atoms with Crippen LogP contribution in [0.4, 0.5) is 0 Å². The highest BCUT2D eigenvalue weighted by Gasteiger charge is 2.46. The summed E-state index contributed by atoms with van der Waals surface area (Å²) in [6.07, 6.45) is 0.667. The number of rotatable bonds is 8. The smallest absolute Gasteiger partial charge is 0.295 e. The predicted octanol–water partition coefficient (Wildman–Crippen LogP) is 4.62. The Labute approximate surface area is 221 Å². The summed E-state index contributed by atoms with van der Waals surface area (Å²) in [5.74, 6) is 0.668. The predicted molar refractivity (Wildman–Crippen MR) is 143 cm³/mol. The molecule has 8 nitrogen and oxygen atoms in total. The summed E-state index contributed by atoms with van der Waals surface area (Å²) in [6, 6.07) is 20.9. The maximum absolute atomic E-state index is 13.4. The van der Waals surface area contributed by atoms with Crippen molar-refractivity contribution >= 4 is 17.4 Å². The van der Waals surface area contributed by atoms with E-state index >= 15 is 0 Å². The van der Waals surface area contributed by atoms with Gasteiger partial charge in [0.1, 0.15) is 30.5 Å². The standard InChI is InChI=1S/C30H30N2O6/c1-31(2)14-7-15-32-27(20-8-6-11-23(18-20)38-22-9-4-3-5-10-22)26(29(34)30(32)35)28(33)21-12-13-24-25(19-21)37-17-16-36-24/h3-6,8-13,18-19,27,33H,7,14-17H2,1-2H3/t27-/m1/s1. The molecule has 2 aliphatic rings. The molecule has 8 heteroatoms. The first-order valence-corrected chi connectivity index (χ1v) is 12.6. The highest BCUT2D eigenvalue weighted by Crippen LogP contribution is 2.42. The van der Waals surface area contributed by atoms with Crippen LogP contribution in [0.5, 0.6) is 23.0 Å². The van der Waals surface area contributed by atoms with E-state index in [9.17, 15) is 14.7 Å². The monoisotopic (exact) mass is 514 g/mol. The van der Waals surface area contributed by atoms with Crippen LogP contribution in [-0.2, 0) is 9.59 Å². The van der Waals surface area contributed by atoms with Gasteiger partial charge in [0.25, 0.3) is 11.7 Å². The lowest BCUT2D eigenvalue weighted by atomic mass is 9.95. The molecule has 3 aromatic carbocycles. The number of aliphatic hydroxyl groups excluding tert-OH is 1. The third-order valence-corrected chi connectivity index (χ3v) is 6.51.